The van der Waals surface area contributed by atoms with E-state index >= 15 is 0 Å². The molecule has 0 aliphatic heterocycles. The number of rotatable bonds is 34. The summed E-state index contributed by atoms with van der Waals surface area (Å²) in [7, 11) is 0. The van der Waals surface area contributed by atoms with E-state index in [0.29, 0.717) is 26.2 Å². The van der Waals surface area contributed by atoms with E-state index < -0.39 is 6.04 Å². The summed E-state index contributed by atoms with van der Waals surface area (Å²) in [4.78, 5) is 16.2. The maximum Gasteiger partial charge on any atom is 0.237 e. The normalized spacial score (nSPS) is 12.9. The first-order valence-electron chi connectivity index (χ1n) is 20.4. The second kappa shape index (κ2) is 30.0. The van der Waals surface area contributed by atoms with Gasteiger partial charge < -0.3 is 25.5 Å². The van der Waals surface area contributed by atoms with Gasteiger partial charge in [-0.3, -0.25) is 4.79 Å². The largest absolute Gasteiger partial charge is 0.379 e. The van der Waals surface area contributed by atoms with E-state index in [2.05, 4.69) is 30.2 Å². The number of ether oxygens (including phenoxy) is 2. The van der Waals surface area contributed by atoms with Crippen LogP contribution in [0.4, 0.5) is 0 Å². The Hall–Kier alpha value is -1.89. The van der Waals surface area contributed by atoms with E-state index in [9.17, 15) is 4.79 Å². The van der Waals surface area contributed by atoms with Gasteiger partial charge in [-0.25, -0.2) is 0 Å². The molecule has 0 aliphatic rings. The van der Waals surface area contributed by atoms with E-state index in [1.54, 1.807) is 0 Å². The first kappa shape index (κ1) is 42.3. The first-order chi connectivity index (χ1) is 23.7. The van der Waals surface area contributed by atoms with Crippen LogP contribution in [0, 0.1) is 0 Å². The van der Waals surface area contributed by atoms with Gasteiger partial charge in [0, 0.05) is 36.9 Å². The molecule has 276 valence electrons. The fourth-order valence-electron chi connectivity index (χ4n) is 6.59. The van der Waals surface area contributed by atoms with E-state index in [4.69, 9.17) is 15.2 Å². The third-order valence-corrected chi connectivity index (χ3v) is 9.75. The number of nitrogens with one attached hydrogen (secondary N) is 2. The van der Waals surface area contributed by atoms with E-state index in [1.165, 1.54) is 141 Å². The van der Waals surface area contributed by atoms with Crippen molar-refractivity contribution in [3.63, 3.8) is 0 Å². The number of hydrogen-bond acceptors (Lipinski definition) is 4. The van der Waals surface area contributed by atoms with Gasteiger partial charge >= 0.3 is 0 Å². The van der Waals surface area contributed by atoms with Crippen LogP contribution in [0.2, 0.25) is 0 Å². The Morgan fingerprint density at radius 1 is 0.688 bits per heavy atom. The Morgan fingerprint density at radius 3 is 1.71 bits per heavy atom. The fourth-order valence-corrected chi connectivity index (χ4v) is 6.59. The number of para-hydroxylation sites is 1. The highest BCUT2D eigenvalue weighted by Crippen LogP contribution is 2.19. The standard InChI is InChI=1S/C42H75N3O3/c1-3-5-7-9-11-13-15-17-19-21-23-27-31-47-36-38(48-32-28-24-22-20-18-16-14-12-10-8-6-4-2)35-45-42(46)40(43)33-37-34-44-41-30-26-25-29-39(37)41/h25-26,29-30,34,38,40,44H,3-24,27-28,31-33,35-36,43H2,1-2H3,(H,45,46)/t38?,40-/m1/s1. The molecule has 0 aliphatic carbocycles. The second-order valence-electron chi connectivity index (χ2n) is 14.3. The Labute approximate surface area is 295 Å². The van der Waals surface area contributed by atoms with Crippen LogP contribution in [0.1, 0.15) is 174 Å². The van der Waals surface area contributed by atoms with Crippen LogP contribution >= 0.6 is 0 Å². The highest BCUT2D eigenvalue weighted by atomic mass is 16.5. The molecule has 0 radical (unpaired) electrons. The number of benzene rings is 1. The van der Waals surface area contributed by atoms with Gasteiger partial charge in [0.1, 0.15) is 0 Å². The van der Waals surface area contributed by atoms with Gasteiger partial charge in [-0.2, -0.15) is 0 Å². The molecule has 2 aromatic rings. The maximum atomic E-state index is 13.0. The number of hydrogen-bond donors (Lipinski definition) is 3. The number of H-pyrrole nitrogens is 1. The van der Waals surface area contributed by atoms with E-state index in [-0.39, 0.29) is 12.0 Å². The highest BCUT2D eigenvalue weighted by molar-refractivity contribution is 5.86. The van der Waals surface area contributed by atoms with Gasteiger partial charge in [0.25, 0.3) is 0 Å². The smallest absolute Gasteiger partial charge is 0.237 e. The number of unbranched alkanes of at least 4 members (excludes halogenated alkanes) is 22. The van der Waals surface area contributed by atoms with Crippen molar-refractivity contribution in [1.29, 1.82) is 0 Å². The SMILES string of the molecule is CCCCCCCCCCCCCCOCC(CNC(=O)[C@H](N)Cc1c[nH]c2ccccc12)OCCCCCCCCCCCCCC. The van der Waals surface area contributed by atoms with Gasteiger partial charge in [0.2, 0.25) is 5.91 Å². The van der Waals surface area contributed by atoms with Crippen molar-refractivity contribution >= 4 is 16.8 Å². The molecule has 1 aromatic carbocycles. The number of fused-ring (bicyclic) bond motifs is 1. The third kappa shape index (κ3) is 21.3. The van der Waals surface area contributed by atoms with Crippen LogP contribution in [-0.4, -0.2) is 49.4 Å². The molecule has 0 fully saturated rings. The minimum atomic E-state index is -0.608. The van der Waals surface area contributed by atoms with Crippen molar-refractivity contribution in [2.75, 3.05) is 26.4 Å². The molecule has 1 heterocycles. The molecule has 48 heavy (non-hydrogen) atoms. The lowest BCUT2D eigenvalue weighted by molar-refractivity contribution is -0.123. The van der Waals surface area contributed by atoms with Crippen LogP contribution < -0.4 is 11.1 Å². The van der Waals surface area contributed by atoms with Gasteiger partial charge in [0.05, 0.1) is 18.8 Å². The summed E-state index contributed by atoms with van der Waals surface area (Å²) in [6, 6.07) is 7.52. The Kier molecular flexibility index (Phi) is 26.4. The van der Waals surface area contributed by atoms with E-state index in [1.807, 2.05) is 24.4 Å². The van der Waals surface area contributed by atoms with Crippen molar-refractivity contribution < 1.29 is 14.3 Å². The van der Waals surface area contributed by atoms with E-state index in [0.717, 1.165) is 35.9 Å². The van der Waals surface area contributed by atoms with Crippen LogP contribution in [-0.2, 0) is 20.7 Å². The summed E-state index contributed by atoms with van der Waals surface area (Å²) in [5.41, 5.74) is 8.48. The molecular weight excluding hydrogens is 594 g/mol. The van der Waals surface area contributed by atoms with Gasteiger partial charge in [0.15, 0.2) is 0 Å². The predicted molar refractivity (Wildman–Crippen MR) is 206 cm³/mol. The van der Waals surface area contributed by atoms with Crippen molar-refractivity contribution in [3.8, 4) is 0 Å². The number of nitrogens with two attached hydrogens (primary N) is 1. The summed E-state index contributed by atoms with van der Waals surface area (Å²) in [6.07, 6.45) is 34.3. The number of carbonyl (C=O) groups is 1. The highest BCUT2D eigenvalue weighted by Gasteiger charge is 2.18. The quantitative estimate of drug-likeness (QED) is 0.0647. The van der Waals surface area contributed by atoms with Gasteiger partial charge in [-0.05, 0) is 30.9 Å². The molecule has 1 amide bonds. The minimum absolute atomic E-state index is 0.139. The predicted octanol–water partition coefficient (Wildman–Crippen LogP) is 11.0. The third-order valence-electron chi connectivity index (χ3n) is 9.75. The van der Waals surface area contributed by atoms with Crippen molar-refractivity contribution in [3.05, 3.63) is 36.0 Å². The monoisotopic (exact) mass is 670 g/mol. The molecule has 0 saturated heterocycles. The summed E-state index contributed by atoms with van der Waals surface area (Å²) >= 11 is 0. The topological polar surface area (TPSA) is 89.4 Å². The molecule has 6 heteroatoms. The van der Waals surface area contributed by atoms with Gasteiger partial charge in [-0.15, -0.1) is 0 Å². The lowest BCUT2D eigenvalue weighted by Gasteiger charge is -2.20. The first-order valence-corrected chi connectivity index (χ1v) is 20.4. The molecule has 6 nitrogen and oxygen atoms in total. The number of carbonyl (C=O) groups excluding carboxylic acids is 1. The Morgan fingerprint density at radius 2 is 1.17 bits per heavy atom. The van der Waals surface area contributed by atoms with Crippen molar-refractivity contribution in [2.24, 2.45) is 5.73 Å². The molecule has 2 rings (SSSR count). The zero-order chi connectivity index (χ0) is 34.3. The average molecular weight is 670 g/mol. The average Bonchev–Trinajstić information content (AvgIpc) is 3.51. The fraction of sp³-hybridized carbons (Fsp3) is 0.786. The molecular formula is C42H75N3O3. The number of aromatic amines is 1. The molecule has 4 N–H and O–H groups in total. The van der Waals surface area contributed by atoms with Gasteiger partial charge in [-0.1, -0.05) is 173 Å². The van der Waals surface area contributed by atoms with Crippen molar-refractivity contribution in [1.82, 2.24) is 10.3 Å². The molecule has 0 bridgehead atoms. The minimum Gasteiger partial charge on any atom is -0.379 e. The zero-order valence-corrected chi connectivity index (χ0v) is 31.3. The Bertz CT molecular complexity index is 1010. The zero-order valence-electron chi connectivity index (χ0n) is 31.3. The molecule has 1 aromatic heterocycles. The number of amides is 1. The second-order valence-corrected chi connectivity index (χ2v) is 14.3. The van der Waals surface area contributed by atoms with Crippen molar-refractivity contribution in [2.45, 2.75) is 187 Å². The van der Waals surface area contributed by atoms with Crippen LogP contribution in [0.25, 0.3) is 10.9 Å². The van der Waals surface area contributed by atoms with Crippen LogP contribution in [0.15, 0.2) is 30.5 Å². The van der Waals surface area contributed by atoms with Crippen LogP contribution in [0.5, 0.6) is 0 Å². The number of aromatic nitrogens is 1. The Balaban J connectivity index is 1.61. The van der Waals surface area contributed by atoms with Crippen LogP contribution in [0.3, 0.4) is 0 Å². The summed E-state index contributed by atoms with van der Waals surface area (Å²) in [5, 5.41) is 4.18. The summed E-state index contributed by atoms with van der Waals surface area (Å²) in [5.74, 6) is -0.139. The summed E-state index contributed by atoms with van der Waals surface area (Å²) in [6.45, 7) is 6.96. The lowest BCUT2D eigenvalue weighted by Crippen LogP contribution is -2.45. The molecule has 0 saturated carbocycles. The maximum absolute atomic E-state index is 13.0. The molecule has 1 unspecified atom stereocenters. The molecule has 0 spiro atoms. The molecule has 2 atom stereocenters. The lowest BCUT2D eigenvalue weighted by atomic mass is 10.1. The summed E-state index contributed by atoms with van der Waals surface area (Å²) < 4.78 is 12.3.